The van der Waals surface area contributed by atoms with E-state index in [9.17, 15) is 4.79 Å². The molecule has 3 rings (SSSR count). The first-order valence-corrected chi connectivity index (χ1v) is 9.84. The Balaban J connectivity index is 1.61. The molecule has 2 atom stereocenters. The molecule has 5 heteroatoms. The molecule has 0 bridgehead atoms. The summed E-state index contributed by atoms with van der Waals surface area (Å²) < 4.78 is 1.88. The number of nitrogens with one attached hydrogen (secondary N) is 2. The highest BCUT2D eigenvalue weighted by Gasteiger charge is 2.18. The maximum Gasteiger partial charge on any atom is 0.242 e. The monoisotopic (exact) mass is 376 g/mol. The van der Waals surface area contributed by atoms with Gasteiger partial charge in [-0.1, -0.05) is 55.8 Å². The van der Waals surface area contributed by atoms with Crippen molar-refractivity contribution in [1.29, 1.82) is 0 Å². The minimum Gasteiger partial charge on any atom is -0.374 e. The first-order valence-electron chi connectivity index (χ1n) is 9.84. The SMILES string of the molecule is CCCC(NC(=O)C(C)Nc1cccc(Cn2cccn2)c1)c1ccccc1. The van der Waals surface area contributed by atoms with Crippen molar-refractivity contribution in [2.75, 3.05) is 5.32 Å². The van der Waals surface area contributed by atoms with E-state index >= 15 is 0 Å². The van der Waals surface area contributed by atoms with Crippen LogP contribution in [-0.4, -0.2) is 21.7 Å². The lowest BCUT2D eigenvalue weighted by atomic mass is 10.0. The Labute approximate surface area is 166 Å². The van der Waals surface area contributed by atoms with Crippen LogP contribution >= 0.6 is 0 Å². The molecule has 0 saturated carbocycles. The van der Waals surface area contributed by atoms with Crippen LogP contribution in [0, 0.1) is 0 Å². The first-order chi connectivity index (χ1) is 13.7. The van der Waals surface area contributed by atoms with Gasteiger partial charge in [0, 0.05) is 18.1 Å². The zero-order chi connectivity index (χ0) is 19.8. The van der Waals surface area contributed by atoms with Crippen molar-refractivity contribution in [1.82, 2.24) is 15.1 Å². The molecule has 2 aromatic carbocycles. The molecule has 28 heavy (non-hydrogen) atoms. The van der Waals surface area contributed by atoms with Gasteiger partial charge in [0.1, 0.15) is 6.04 Å². The van der Waals surface area contributed by atoms with Gasteiger partial charge in [0.05, 0.1) is 12.6 Å². The number of carbonyl (C=O) groups is 1. The number of carbonyl (C=O) groups excluding carboxylic acids is 1. The Morgan fingerprint density at radius 2 is 1.93 bits per heavy atom. The van der Waals surface area contributed by atoms with Gasteiger partial charge in [-0.15, -0.1) is 0 Å². The molecule has 0 radical (unpaired) electrons. The van der Waals surface area contributed by atoms with Crippen LogP contribution in [0.3, 0.4) is 0 Å². The normalized spacial score (nSPS) is 12.9. The van der Waals surface area contributed by atoms with Crippen molar-refractivity contribution in [3.8, 4) is 0 Å². The molecule has 0 aliphatic heterocycles. The predicted molar refractivity (Wildman–Crippen MR) is 113 cm³/mol. The van der Waals surface area contributed by atoms with Gasteiger partial charge < -0.3 is 10.6 Å². The second-order valence-electron chi connectivity index (χ2n) is 7.03. The zero-order valence-corrected chi connectivity index (χ0v) is 16.5. The Kier molecular flexibility index (Phi) is 6.84. The van der Waals surface area contributed by atoms with Crippen LogP contribution < -0.4 is 10.6 Å². The first kappa shape index (κ1) is 19.7. The molecule has 0 fully saturated rings. The molecule has 1 aromatic heterocycles. The van der Waals surface area contributed by atoms with Gasteiger partial charge in [-0.25, -0.2) is 0 Å². The highest BCUT2D eigenvalue weighted by atomic mass is 16.2. The molecule has 2 N–H and O–H groups in total. The second-order valence-corrected chi connectivity index (χ2v) is 7.03. The minimum atomic E-state index is -0.331. The van der Waals surface area contributed by atoms with Crippen molar-refractivity contribution >= 4 is 11.6 Å². The number of hydrogen-bond donors (Lipinski definition) is 2. The van der Waals surface area contributed by atoms with E-state index in [2.05, 4.69) is 46.9 Å². The Morgan fingerprint density at radius 3 is 2.64 bits per heavy atom. The van der Waals surface area contributed by atoms with E-state index in [4.69, 9.17) is 0 Å². The lowest BCUT2D eigenvalue weighted by molar-refractivity contribution is -0.122. The van der Waals surface area contributed by atoms with Gasteiger partial charge in [0.15, 0.2) is 0 Å². The summed E-state index contributed by atoms with van der Waals surface area (Å²) in [5, 5.41) is 10.7. The van der Waals surface area contributed by atoms with E-state index in [0.717, 1.165) is 29.7 Å². The molecule has 1 amide bonds. The van der Waals surface area contributed by atoms with Crippen LogP contribution in [0.4, 0.5) is 5.69 Å². The maximum absolute atomic E-state index is 12.8. The smallest absolute Gasteiger partial charge is 0.242 e. The van der Waals surface area contributed by atoms with Crippen molar-refractivity contribution in [3.63, 3.8) is 0 Å². The summed E-state index contributed by atoms with van der Waals surface area (Å²) >= 11 is 0. The lowest BCUT2D eigenvalue weighted by Crippen LogP contribution is -2.39. The van der Waals surface area contributed by atoms with E-state index in [1.54, 1.807) is 6.20 Å². The molecule has 3 aromatic rings. The van der Waals surface area contributed by atoms with Crippen LogP contribution in [0.15, 0.2) is 73.1 Å². The summed E-state index contributed by atoms with van der Waals surface area (Å²) in [5.41, 5.74) is 3.21. The molecule has 0 aliphatic rings. The van der Waals surface area contributed by atoms with Crippen LogP contribution in [0.2, 0.25) is 0 Å². The summed E-state index contributed by atoms with van der Waals surface area (Å²) in [4.78, 5) is 12.8. The topological polar surface area (TPSA) is 59.0 Å². The number of anilines is 1. The van der Waals surface area contributed by atoms with Gasteiger partial charge in [-0.3, -0.25) is 9.48 Å². The van der Waals surface area contributed by atoms with Crippen LogP contribution in [0.25, 0.3) is 0 Å². The average molecular weight is 377 g/mol. The van der Waals surface area contributed by atoms with Gasteiger partial charge in [0.2, 0.25) is 5.91 Å². The quantitative estimate of drug-likeness (QED) is 0.582. The Morgan fingerprint density at radius 1 is 1.11 bits per heavy atom. The average Bonchev–Trinajstić information content (AvgIpc) is 3.21. The zero-order valence-electron chi connectivity index (χ0n) is 16.5. The van der Waals surface area contributed by atoms with Crippen LogP contribution in [-0.2, 0) is 11.3 Å². The van der Waals surface area contributed by atoms with Crippen molar-refractivity contribution in [3.05, 3.63) is 84.2 Å². The summed E-state index contributed by atoms with van der Waals surface area (Å²) in [7, 11) is 0. The molecular formula is C23H28N4O. The predicted octanol–water partition coefficient (Wildman–Crippen LogP) is 4.39. The number of rotatable bonds is 9. The maximum atomic E-state index is 12.8. The molecule has 0 saturated heterocycles. The number of aromatic nitrogens is 2. The van der Waals surface area contributed by atoms with E-state index in [-0.39, 0.29) is 18.0 Å². The third-order valence-electron chi connectivity index (χ3n) is 4.70. The van der Waals surface area contributed by atoms with Crippen molar-refractivity contribution < 1.29 is 4.79 Å². The highest BCUT2D eigenvalue weighted by molar-refractivity contribution is 5.84. The van der Waals surface area contributed by atoms with Crippen LogP contribution in [0.1, 0.15) is 43.9 Å². The minimum absolute atomic E-state index is 0.000202. The second kappa shape index (κ2) is 9.74. The summed E-state index contributed by atoms with van der Waals surface area (Å²) in [6, 6.07) is 19.9. The fraction of sp³-hybridized carbons (Fsp3) is 0.304. The van der Waals surface area contributed by atoms with E-state index < -0.39 is 0 Å². The number of hydrogen-bond acceptors (Lipinski definition) is 3. The standard InChI is InChI=1S/C23H28N4O/c1-3-9-22(20-11-5-4-6-12-20)26-23(28)18(2)25-21-13-7-10-19(16-21)17-27-15-8-14-24-27/h4-8,10-16,18,22,25H,3,9,17H2,1-2H3,(H,26,28). The third-order valence-corrected chi connectivity index (χ3v) is 4.70. The fourth-order valence-electron chi connectivity index (χ4n) is 3.25. The fourth-order valence-corrected chi connectivity index (χ4v) is 3.25. The lowest BCUT2D eigenvalue weighted by Gasteiger charge is -2.22. The molecular weight excluding hydrogens is 348 g/mol. The van der Waals surface area contributed by atoms with Gasteiger partial charge >= 0.3 is 0 Å². The number of nitrogens with zero attached hydrogens (tertiary/aromatic N) is 2. The van der Waals surface area contributed by atoms with Gasteiger partial charge in [-0.2, -0.15) is 5.10 Å². The van der Waals surface area contributed by atoms with Crippen molar-refractivity contribution in [2.45, 2.75) is 45.3 Å². The highest BCUT2D eigenvalue weighted by Crippen LogP contribution is 2.19. The van der Waals surface area contributed by atoms with E-state index in [1.807, 2.05) is 54.2 Å². The third kappa shape index (κ3) is 5.46. The molecule has 0 spiro atoms. The molecule has 1 heterocycles. The molecule has 2 unspecified atom stereocenters. The Bertz CT molecular complexity index is 861. The molecule has 0 aliphatic carbocycles. The number of amides is 1. The summed E-state index contributed by atoms with van der Waals surface area (Å²) in [5.74, 6) is -0.000202. The largest absolute Gasteiger partial charge is 0.374 e. The number of benzene rings is 2. The van der Waals surface area contributed by atoms with E-state index in [1.165, 1.54) is 0 Å². The van der Waals surface area contributed by atoms with Crippen LogP contribution in [0.5, 0.6) is 0 Å². The Hall–Kier alpha value is -3.08. The van der Waals surface area contributed by atoms with Gasteiger partial charge in [0.25, 0.3) is 0 Å². The van der Waals surface area contributed by atoms with Crippen molar-refractivity contribution in [2.24, 2.45) is 0 Å². The molecule has 5 nitrogen and oxygen atoms in total. The van der Waals surface area contributed by atoms with E-state index in [0.29, 0.717) is 6.54 Å². The van der Waals surface area contributed by atoms with Gasteiger partial charge in [-0.05, 0) is 42.7 Å². The summed E-state index contributed by atoms with van der Waals surface area (Å²) in [6.07, 6.45) is 5.64. The molecule has 146 valence electrons. The summed E-state index contributed by atoms with van der Waals surface area (Å²) in [6.45, 7) is 4.73.